The fourth-order valence-electron chi connectivity index (χ4n) is 3.52. The molecule has 3 N–H and O–H groups in total. The molecular formula is C25H21ClFN3O5S. The zero-order chi connectivity index (χ0) is 25.9. The van der Waals surface area contributed by atoms with Gasteiger partial charge in [-0.25, -0.2) is 17.5 Å². The second-order valence-electron chi connectivity index (χ2n) is 7.84. The average Bonchev–Trinajstić information content (AvgIpc) is 2.87. The summed E-state index contributed by atoms with van der Waals surface area (Å²) in [7, 11) is -2.71. The third kappa shape index (κ3) is 5.56. The molecule has 3 aromatic carbocycles. The maximum atomic E-state index is 14.4. The van der Waals surface area contributed by atoms with Crippen LogP contribution in [-0.2, 0) is 23.1 Å². The first-order valence-electron chi connectivity index (χ1n) is 10.7. The predicted octanol–water partition coefficient (Wildman–Crippen LogP) is 3.74. The lowest BCUT2D eigenvalue weighted by atomic mass is 10.1. The van der Waals surface area contributed by atoms with Crippen molar-refractivity contribution in [1.29, 1.82) is 0 Å². The number of amides is 1. The topological polar surface area (TPSA) is 117 Å². The Hall–Kier alpha value is -3.73. The number of sulfonamides is 1. The molecule has 4 rings (SSSR count). The van der Waals surface area contributed by atoms with E-state index in [0.717, 1.165) is 23.9 Å². The molecule has 0 bridgehead atoms. The van der Waals surface area contributed by atoms with E-state index in [1.807, 2.05) is 0 Å². The molecule has 0 atom stereocenters. The summed E-state index contributed by atoms with van der Waals surface area (Å²) in [6.07, 6.45) is 1.11. The predicted molar refractivity (Wildman–Crippen MR) is 134 cm³/mol. The first-order valence-corrected chi connectivity index (χ1v) is 12.5. The summed E-state index contributed by atoms with van der Waals surface area (Å²) in [4.78, 5) is 27.9. The third-order valence-electron chi connectivity index (χ3n) is 5.44. The molecule has 0 saturated carbocycles. The van der Waals surface area contributed by atoms with E-state index >= 15 is 0 Å². The molecule has 0 spiro atoms. The van der Waals surface area contributed by atoms with Crippen LogP contribution in [0.2, 0.25) is 5.02 Å². The fraction of sp³-hybridized carbons (Fsp3) is 0.120. The van der Waals surface area contributed by atoms with Crippen molar-refractivity contribution in [3.05, 3.63) is 105 Å². The van der Waals surface area contributed by atoms with Crippen LogP contribution in [0.25, 0.3) is 10.9 Å². The zero-order valence-corrected chi connectivity index (χ0v) is 20.5. The van der Waals surface area contributed by atoms with E-state index in [1.54, 1.807) is 48.5 Å². The number of fused-ring (bicyclic) bond motifs is 1. The monoisotopic (exact) mass is 529 g/mol. The quantitative estimate of drug-likeness (QED) is 0.321. The van der Waals surface area contributed by atoms with Gasteiger partial charge in [0.15, 0.2) is 0 Å². The van der Waals surface area contributed by atoms with Gasteiger partial charge in [-0.15, -0.1) is 0 Å². The Morgan fingerprint density at radius 3 is 2.33 bits per heavy atom. The Balaban J connectivity index is 1.60. The molecule has 0 fully saturated rings. The lowest BCUT2D eigenvalue weighted by Crippen LogP contribution is -2.29. The number of nitrogens with one attached hydrogen (secondary N) is 3. The van der Waals surface area contributed by atoms with Gasteiger partial charge < -0.3 is 15.0 Å². The highest BCUT2D eigenvalue weighted by Crippen LogP contribution is 2.22. The number of carbonyl (C=O) groups is 1. The van der Waals surface area contributed by atoms with Crippen molar-refractivity contribution in [3.8, 4) is 5.75 Å². The lowest BCUT2D eigenvalue weighted by Gasteiger charge is -2.11. The van der Waals surface area contributed by atoms with Crippen LogP contribution in [0.4, 0.5) is 4.39 Å². The molecule has 0 aliphatic heterocycles. The Morgan fingerprint density at radius 1 is 1.03 bits per heavy atom. The van der Waals surface area contributed by atoms with Gasteiger partial charge in [-0.2, -0.15) is 0 Å². The zero-order valence-electron chi connectivity index (χ0n) is 19.0. The number of H-pyrrole nitrogens is 1. The smallest absolute Gasteiger partial charge is 0.257 e. The molecule has 1 heterocycles. The van der Waals surface area contributed by atoms with Gasteiger partial charge in [-0.3, -0.25) is 9.59 Å². The number of rotatable bonds is 8. The van der Waals surface area contributed by atoms with Crippen molar-refractivity contribution in [2.24, 2.45) is 0 Å². The number of methoxy groups -OCH3 is 1. The second kappa shape index (κ2) is 10.5. The molecular weight excluding hydrogens is 509 g/mol. The van der Waals surface area contributed by atoms with Gasteiger partial charge in [0.2, 0.25) is 15.5 Å². The summed E-state index contributed by atoms with van der Waals surface area (Å²) in [5.74, 6) is -1.01. The van der Waals surface area contributed by atoms with E-state index in [-0.39, 0.29) is 29.6 Å². The van der Waals surface area contributed by atoms with Crippen LogP contribution in [0, 0.1) is 5.82 Å². The first kappa shape index (κ1) is 25.4. The highest BCUT2D eigenvalue weighted by Gasteiger charge is 2.22. The van der Waals surface area contributed by atoms with Gasteiger partial charge in [0, 0.05) is 24.3 Å². The van der Waals surface area contributed by atoms with Gasteiger partial charge in [-0.1, -0.05) is 35.9 Å². The summed E-state index contributed by atoms with van der Waals surface area (Å²) in [5, 5.41) is 2.89. The minimum absolute atomic E-state index is 0.0697. The van der Waals surface area contributed by atoms with Crippen molar-refractivity contribution in [2.75, 3.05) is 7.11 Å². The first-order chi connectivity index (χ1) is 17.2. The number of pyridine rings is 1. The number of hydrogen-bond acceptors (Lipinski definition) is 5. The lowest BCUT2D eigenvalue weighted by molar-refractivity contribution is 0.0949. The van der Waals surface area contributed by atoms with Gasteiger partial charge in [0.05, 0.1) is 18.0 Å². The molecule has 0 saturated heterocycles. The second-order valence-corrected chi connectivity index (χ2v) is 10.0. The molecule has 0 radical (unpaired) electrons. The number of aromatic amines is 1. The molecule has 1 aromatic heterocycles. The molecule has 1 amide bonds. The highest BCUT2D eigenvalue weighted by atomic mass is 35.5. The SMILES string of the molecule is COc1ccc(CNS(=O)(=O)c2cc(F)cc3c(=O)c(C(=O)NCc4ccc(Cl)cc4)c[nH]c23)cc1. The normalized spacial score (nSPS) is 11.4. The van der Waals surface area contributed by atoms with Crippen LogP contribution in [0.15, 0.2) is 76.6 Å². The average molecular weight is 530 g/mol. The maximum Gasteiger partial charge on any atom is 0.257 e. The Bertz CT molecular complexity index is 1590. The van der Waals surface area contributed by atoms with Gasteiger partial charge >= 0.3 is 0 Å². The molecule has 186 valence electrons. The number of ether oxygens (including phenoxy) is 1. The van der Waals surface area contributed by atoms with Crippen LogP contribution >= 0.6 is 11.6 Å². The Labute approximate surface area is 211 Å². The van der Waals surface area contributed by atoms with Crippen molar-refractivity contribution < 1.29 is 22.3 Å². The van der Waals surface area contributed by atoms with Gasteiger partial charge in [-0.05, 0) is 47.5 Å². The van der Waals surface area contributed by atoms with E-state index in [2.05, 4.69) is 15.0 Å². The summed E-state index contributed by atoms with van der Waals surface area (Å²) < 4.78 is 47.9. The van der Waals surface area contributed by atoms with Crippen molar-refractivity contribution in [1.82, 2.24) is 15.0 Å². The minimum Gasteiger partial charge on any atom is -0.497 e. The van der Waals surface area contributed by atoms with E-state index in [4.69, 9.17) is 16.3 Å². The van der Waals surface area contributed by atoms with E-state index in [0.29, 0.717) is 16.3 Å². The van der Waals surface area contributed by atoms with E-state index in [9.17, 15) is 22.4 Å². The van der Waals surface area contributed by atoms with Gasteiger partial charge in [0.25, 0.3) is 5.91 Å². The Kier molecular flexibility index (Phi) is 7.39. The molecule has 36 heavy (non-hydrogen) atoms. The standard InChI is InChI=1S/C25H21ClFN3O5S/c1-35-19-8-4-16(5-9-19)13-30-36(33,34)22-11-18(27)10-20-23(22)28-14-21(24(20)31)25(32)29-12-15-2-6-17(26)7-3-15/h2-11,14,30H,12-13H2,1H3,(H,28,31)(H,29,32). The molecule has 0 unspecified atom stereocenters. The van der Waals surface area contributed by atoms with Crippen LogP contribution in [-0.4, -0.2) is 26.4 Å². The van der Waals surface area contributed by atoms with Crippen molar-refractivity contribution >= 4 is 38.4 Å². The molecule has 11 heteroatoms. The molecule has 0 aliphatic rings. The number of hydrogen-bond donors (Lipinski definition) is 3. The van der Waals surface area contributed by atoms with E-state index < -0.39 is 32.1 Å². The Morgan fingerprint density at radius 2 is 1.67 bits per heavy atom. The summed E-state index contributed by atoms with van der Waals surface area (Å²) in [5.41, 5.74) is 0.207. The third-order valence-corrected chi connectivity index (χ3v) is 7.12. The molecule has 0 aliphatic carbocycles. The summed E-state index contributed by atoms with van der Waals surface area (Å²) in [6, 6.07) is 15.2. The number of aromatic nitrogens is 1. The van der Waals surface area contributed by atoms with Crippen LogP contribution in [0.1, 0.15) is 21.5 Å². The summed E-state index contributed by atoms with van der Waals surface area (Å²) in [6.45, 7) is 0.0608. The number of benzene rings is 3. The number of halogens is 2. The molecule has 8 nitrogen and oxygen atoms in total. The largest absolute Gasteiger partial charge is 0.497 e. The minimum atomic E-state index is -4.23. The van der Waals surface area contributed by atoms with Crippen LogP contribution in [0.3, 0.4) is 0 Å². The maximum absolute atomic E-state index is 14.4. The summed E-state index contributed by atoms with van der Waals surface area (Å²) >= 11 is 5.85. The van der Waals surface area contributed by atoms with Crippen LogP contribution < -0.4 is 20.2 Å². The van der Waals surface area contributed by atoms with Crippen molar-refractivity contribution in [2.45, 2.75) is 18.0 Å². The molecule has 4 aromatic rings. The van der Waals surface area contributed by atoms with E-state index in [1.165, 1.54) is 7.11 Å². The number of carbonyl (C=O) groups excluding carboxylic acids is 1. The fourth-order valence-corrected chi connectivity index (χ4v) is 4.87. The van der Waals surface area contributed by atoms with Gasteiger partial charge in [0.1, 0.15) is 22.0 Å². The van der Waals surface area contributed by atoms with Crippen molar-refractivity contribution in [3.63, 3.8) is 0 Å². The highest BCUT2D eigenvalue weighted by molar-refractivity contribution is 7.89. The van der Waals surface area contributed by atoms with Crippen LogP contribution in [0.5, 0.6) is 5.75 Å².